The van der Waals surface area contributed by atoms with Crippen molar-refractivity contribution in [2.75, 3.05) is 11.0 Å². The standard InChI is InChI=1S/C11H15F4I3N2O/c1-6(2)7(19)20-5-8(3,4-16)9(12,17)10(18,21)11(13,14)15/h21H,1,4-5H2,2-3H3,(H2,19,20). The van der Waals surface area contributed by atoms with Gasteiger partial charge in [-0.15, -0.1) is 0 Å². The van der Waals surface area contributed by atoms with E-state index in [2.05, 4.69) is 11.6 Å². The van der Waals surface area contributed by atoms with E-state index in [1.165, 1.54) is 6.92 Å². The van der Waals surface area contributed by atoms with Crippen LogP contribution in [-0.2, 0) is 0 Å². The first-order chi connectivity index (χ1) is 9.14. The van der Waals surface area contributed by atoms with Crippen LogP contribution in [0.3, 0.4) is 0 Å². The molecule has 0 amide bonds. The molecule has 0 aliphatic rings. The zero-order chi connectivity index (χ0) is 17.3. The zero-order valence-corrected chi connectivity index (χ0v) is 17.7. The van der Waals surface area contributed by atoms with Crippen LogP contribution < -0.4 is 5.73 Å². The molecule has 0 rings (SSSR count). The molecule has 124 valence electrons. The van der Waals surface area contributed by atoms with Crippen molar-refractivity contribution in [1.82, 2.24) is 0 Å². The molecule has 0 saturated heterocycles. The number of aliphatic hydroxyl groups is 1. The van der Waals surface area contributed by atoms with Gasteiger partial charge in [-0.25, -0.2) is 4.39 Å². The van der Waals surface area contributed by atoms with E-state index in [9.17, 15) is 22.7 Å². The molecule has 0 aromatic rings. The van der Waals surface area contributed by atoms with Crippen LogP contribution >= 0.6 is 67.8 Å². The van der Waals surface area contributed by atoms with Gasteiger partial charge >= 0.3 is 6.18 Å². The predicted octanol–water partition coefficient (Wildman–Crippen LogP) is 4.15. The third-order valence-electron chi connectivity index (χ3n) is 2.88. The molecular formula is C11H15F4I3N2O. The van der Waals surface area contributed by atoms with E-state index in [0.29, 0.717) is 28.2 Å². The average molecular weight is 648 g/mol. The summed E-state index contributed by atoms with van der Waals surface area (Å²) >= 11 is 3.46. The number of halogens is 7. The van der Waals surface area contributed by atoms with Gasteiger partial charge in [-0.3, -0.25) is 4.99 Å². The number of rotatable bonds is 6. The van der Waals surface area contributed by atoms with Gasteiger partial charge in [0.15, 0.2) is 0 Å². The Labute approximate surface area is 161 Å². The first-order valence-electron chi connectivity index (χ1n) is 5.51. The number of nitrogens with zero attached hydrogens (tertiary/aromatic N) is 1. The molecule has 0 radical (unpaired) electrons. The van der Waals surface area contributed by atoms with E-state index in [0.717, 1.165) is 22.6 Å². The second-order valence-corrected chi connectivity index (χ2v) is 8.68. The van der Waals surface area contributed by atoms with Crippen molar-refractivity contribution in [3.05, 3.63) is 12.2 Å². The topological polar surface area (TPSA) is 58.6 Å². The normalized spacial score (nSPS) is 22.1. The molecule has 0 bridgehead atoms. The number of aliphatic imine (C=N–C) groups is 1. The highest BCUT2D eigenvalue weighted by atomic mass is 127. The molecule has 0 fully saturated rings. The molecule has 0 aliphatic heterocycles. The molecule has 0 aliphatic carbocycles. The van der Waals surface area contributed by atoms with Crippen LogP contribution in [0.4, 0.5) is 17.6 Å². The van der Waals surface area contributed by atoms with Crippen LogP contribution in [0.5, 0.6) is 0 Å². The summed E-state index contributed by atoms with van der Waals surface area (Å²) < 4.78 is 47.2. The maximum absolute atomic E-state index is 14.9. The van der Waals surface area contributed by atoms with Crippen molar-refractivity contribution >= 4 is 73.6 Å². The molecule has 0 spiro atoms. The third-order valence-corrected chi connectivity index (χ3v) is 9.03. The van der Waals surface area contributed by atoms with Crippen molar-refractivity contribution < 1.29 is 22.7 Å². The Morgan fingerprint density at radius 1 is 1.29 bits per heavy atom. The molecule has 3 unspecified atom stereocenters. The highest BCUT2D eigenvalue weighted by molar-refractivity contribution is 14.1. The van der Waals surface area contributed by atoms with E-state index in [4.69, 9.17) is 5.73 Å². The van der Waals surface area contributed by atoms with Crippen LogP contribution in [0, 0.1) is 5.41 Å². The van der Waals surface area contributed by atoms with Crippen LogP contribution in [0.15, 0.2) is 17.1 Å². The summed E-state index contributed by atoms with van der Waals surface area (Å²) in [5.41, 5.74) is 4.40. The molecule has 3 nitrogen and oxygen atoms in total. The fourth-order valence-corrected chi connectivity index (χ4v) is 4.01. The number of amidine groups is 1. The molecule has 0 aromatic heterocycles. The minimum absolute atomic E-state index is 0.00143. The van der Waals surface area contributed by atoms with Gasteiger partial charge in [-0.2, -0.15) is 13.2 Å². The summed E-state index contributed by atoms with van der Waals surface area (Å²) in [5.74, 6) is 0.0438. The van der Waals surface area contributed by atoms with E-state index in [-0.39, 0.29) is 16.8 Å². The Bertz CT molecular complexity index is 438. The van der Waals surface area contributed by atoms with Crippen LogP contribution in [0.2, 0.25) is 0 Å². The van der Waals surface area contributed by atoms with Crippen molar-refractivity contribution in [1.29, 1.82) is 0 Å². The zero-order valence-electron chi connectivity index (χ0n) is 11.2. The molecule has 0 aromatic carbocycles. The Morgan fingerprint density at radius 2 is 1.71 bits per heavy atom. The fraction of sp³-hybridized carbons (Fsp3) is 0.727. The minimum Gasteiger partial charge on any atom is -0.384 e. The van der Waals surface area contributed by atoms with E-state index >= 15 is 0 Å². The maximum atomic E-state index is 14.9. The molecule has 0 saturated carbocycles. The summed E-state index contributed by atoms with van der Waals surface area (Å²) in [6, 6.07) is 0. The molecule has 10 heteroatoms. The lowest BCUT2D eigenvalue weighted by atomic mass is 9.84. The summed E-state index contributed by atoms with van der Waals surface area (Å²) in [5, 5.41) is 9.70. The Morgan fingerprint density at radius 3 is 2.00 bits per heavy atom. The Kier molecular flexibility index (Phi) is 7.69. The van der Waals surface area contributed by atoms with Crippen molar-refractivity contribution in [2.24, 2.45) is 16.1 Å². The monoisotopic (exact) mass is 648 g/mol. The quantitative estimate of drug-likeness (QED) is 0.150. The van der Waals surface area contributed by atoms with Crippen LogP contribution in [0.1, 0.15) is 13.8 Å². The lowest BCUT2D eigenvalue weighted by Gasteiger charge is -2.44. The molecule has 3 N–H and O–H groups in total. The van der Waals surface area contributed by atoms with Gasteiger partial charge in [-0.1, -0.05) is 36.1 Å². The van der Waals surface area contributed by atoms with Crippen LogP contribution in [0.25, 0.3) is 0 Å². The highest BCUT2D eigenvalue weighted by Crippen LogP contribution is 2.57. The first-order valence-corrected chi connectivity index (χ1v) is 9.20. The van der Waals surface area contributed by atoms with Crippen molar-refractivity contribution in [2.45, 2.75) is 27.3 Å². The largest absolute Gasteiger partial charge is 0.430 e. The first kappa shape index (κ1) is 22.1. The van der Waals surface area contributed by atoms with Crippen molar-refractivity contribution in [3.8, 4) is 0 Å². The van der Waals surface area contributed by atoms with E-state index in [1.807, 2.05) is 0 Å². The molecular weight excluding hydrogens is 633 g/mol. The number of hydrogen-bond donors (Lipinski definition) is 2. The summed E-state index contributed by atoms with van der Waals surface area (Å²) in [7, 11) is 0. The Hall–Kier alpha value is 1.08. The second kappa shape index (κ2) is 7.32. The van der Waals surface area contributed by atoms with Crippen molar-refractivity contribution in [3.63, 3.8) is 0 Å². The summed E-state index contributed by atoms with van der Waals surface area (Å²) in [6.45, 7) is 6.11. The molecule has 0 heterocycles. The third kappa shape index (κ3) is 4.55. The molecule has 21 heavy (non-hydrogen) atoms. The van der Waals surface area contributed by atoms with Gasteiger partial charge in [0.05, 0.1) is 6.54 Å². The van der Waals surface area contributed by atoms with Gasteiger partial charge in [-0.05, 0) is 57.7 Å². The lowest BCUT2D eigenvalue weighted by molar-refractivity contribution is -0.243. The highest BCUT2D eigenvalue weighted by Gasteiger charge is 2.71. The summed E-state index contributed by atoms with van der Waals surface area (Å²) in [6.07, 6.45) is -5.12. The number of alkyl halides is 7. The lowest BCUT2D eigenvalue weighted by Crippen LogP contribution is -2.61. The van der Waals surface area contributed by atoms with Gasteiger partial charge in [0.2, 0.25) is 3.68 Å². The smallest absolute Gasteiger partial charge is 0.384 e. The fourth-order valence-electron chi connectivity index (χ4n) is 1.20. The second-order valence-electron chi connectivity index (χ2n) is 4.87. The van der Waals surface area contributed by atoms with Gasteiger partial charge in [0.25, 0.3) is 3.61 Å². The molecule has 3 atom stereocenters. The maximum Gasteiger partial charge on any atom is 0.430 e. The van der Waals surface area contributed by atoms with Gasteiger partial charge < -0.3 is 10.8 Å². The average Bonchev–Trinajstić information content (AvgIpc) is 2.33. The van der Waals surface area contributed by atoms with E-state index < -0.39 is 18.9 Å². The van der Waals surface area contributed by atoms with Crippen LogP contribution in [-0.4, -0.2) is 35.4 Å². The van der Waals surface area contributed by atoms with Gasteiger partial charge in [0.1, 0.15) is 5.84 Å². The summed E-state index contributed by atoms with van der Waals surface area (Å²) in [4.78, 5) is 3.89. The minimum atomic E-state index is -5.12. The van der Waals surface area contributed by atoms with E-state index in [1.54, 1.807) is 29.5 Å². The van der Waals surface area contributed by atoms with Gasteiger partial charge in [0, 0.05) is 9.84 Å². The number of nitrogens with two attached hydrogens (primary N) is 1. The number of hydrogen-bond acceptors (Lipinski definition) is 2. The Balaban J connectivity index is 5.70. The SMILES string of the molecule is C=C(C)C(N)=NCC(C)(CI)C(F)(I)C(O)(I)C(F)(F)F. The predicted molar refractivity (Wildman–Crippen MR) is 101 cm³/mol.